The van der Waals surface area contributed by atoms with Crippen molar-refractivity contribution < 1.29 is 14.3 Å². The first-order valence-electron chi connectivity index (χ1n) is 5.23. The van der Waals surface area contributed by atoms with Gasteiger partial charge in [-0.1, -0.05) is 13.3 Å². The van der Waals surface area contributed by atoms with Gasteiger partial charge < -0.3 is 9.47 Å². The summed E-state index contributed by atoms with van der Waals surface area (Å²) in [6.45, 7) is 4.39. The number of carbonyl (C=O) groups excluding carboxylic acids is 1. The zero-order chi connectivity index (χ0) is 12.0. The van der Waals surface area contributed by atoms with Crippen molar-refractivity contribution in [3.8, 4) is 6.01 Å². The van der Waals surface area contributed by atoms with Crippen molar-refractivity contribution in [3.63, 3.8) is 0 Å². The molecule has 0 amide bonds. The molecule has 1 rings (SSSR count). The first kappa shape index (κ1) is 12.4. The molecule has 1 heterocycles. The monoisotopic (exact) mass is 224 g/mol. The van der Waals surface area contributed by atoms with E-state index in [4.69, 9.17) is 4.74 Å². The molecule has 1 aromatic heterocycles. The van der Waals surface area contributed by atoms with E-state index in [0.29, 0.717) is 23.9 Å². The van der Waals surface area contributed by atoms with Crippen LogP contribution < -0.4 is 4.74 Å². The van der Waals surface area contributed by atoms with Crippen LogP contribution >= 0.6 is 0 Å². The van der Waals surface area contributed by atoms with Crippen molar-refractivity contribution in [1.29, 1.82) is 0 Å². The summed E-state index contributed by atoms with van der Waals surface area (Å²) in [5.74, 6) is -0.433. The SMILES string of the molecule is CCCCOc1ncc(C(=O)OC)c(C)n1. The second-order valence-electron chi connectivity index (χ2n) is 3.35. The molecule has 88 valence electrons. The molecule has 0 aliphatic heterocycles. The third-order valence-corrected chi connectivity index (χ3v) is 2.09. The van der Waals surface area contributed by atoms with E-state index in [1.807, 2.05) is 0 Å². The number of hydrogen-bond donors (Lipinski definition) is 0. The number of aromatic nitrogens is 2. The van der Waals surface area contributed by atoms with Gasteiger partial charge in [-0.3, -0.25) is 0 Å². The zero-order valence-electron chi connectivity index (χ0n) is 9.82. The number of unbranched alkanes of at least 4 members (excludes halogenated alkanes) is 1. The lowest BCUT2D eigenvalue weighted by Crippen LogP contribution is -2.08. The number of carbonyl (C=O) groups is 1. The number of aryl methyl sites for hydroxylation is 1. The lowest BCUT2D eigenvalue weighted by molar-refractivity contribution is 0.0598. The van der Waals surface area contributed by atoms with Crippen molar-refractivity contribution in [3.05, 3.63) is 17.5 Å². The Labute approximate surface area is 94.8 Å². The maximum Gasteiger partial charge on any atom is 0.341 e. The van der Waals surface area contributed by atoms with Gasteiger partial charge >= 0.3 is 12.0 Å². The van der Waals surface area contributed by atoms with E-state index in [-0.39, 0.29) is 0 Å². The minimum absolute atomic E-state index is 0.304. The molecule has 0 aromatic carbocycles. The van der Waals surface area contributed by atoms with Gasteiger partial charge in [0.25, 0.3) is 0 Å². The Hall–Kier alpha value is -1.65. The van der Waals surface area contributed by atoms with Gasteiger partial charge in [-0.05, 0) is 13.3 Å². The van der Waals surface area contributed by atoms with Gasteiger partial charge in [0.1, 0.15) is 0 Å². The zero-order valence-corrected chi connectivity index (χ0v) is 9.82. The molecule has 5 heteroatoms. The van der Waals surface area contributed by atoms with E-state index in [0.717, 1.165) is 12.8 Å². The lowest BCUT2D eigenvalue weighted by Gasteiger charge is -2.06. The molecular formula is C11H16N2O3. The van der Waals surface area contributed by atoms with E-state index in [9.17, 15) is 4.79 Å². The average Bonchev–Trinajstić information content (AvgIpc) is 2.29. The smallest absolute Gasteiger partial charge is 0.341 e. The summed E-state index contributed by atoms with van der Waals surface area (Å²) in [7, 11) is 1.33. The van der Waals surface area contributed by atoms with Gasteiger partial charge in [-0.15, -0.1) is 0 Å². The largest absolute Gasteiger partial charge is 0.465 e. The molecule has 0 aliphatic carbocycles. The highest BCUT2D eigenvalue weighted by atomic mass is 16.5. The van der Waals surface area contributed by atoms with E-state index in [1.54, 1.807) is 6.92 Å². The van der Waals surface area contributed by atoms with Gasteiger partial charge in [0.15, 0.2) is 0 Å². The van der Waals surface area contributed by atoms with Gasteiger partial charge in [0, 0.05) is 6.20 Å². The lowest BCUT2D eigenvalue weighted by atomic mass is 10.2. The van der Waals surface area contributed by atoms with Crippen LogP contribution in [0.2, 0.25) is 0 Å². The van der Waals surface area contributed by atoms with E-state index in [1.165, 1.54) is 13.3 Å². The summed E-state index contributed by atoms with van der Waals surface area (Å²) in [5.41, 5.74) is 0.929. The van der Waals surface area contributed by atoms with Crippen LogP contribution in [0.5, 0.6) is 6.01 Å². The third kappa shape index (κ3) is 3.18. The summed E-state index contributed by atoms with van der Waals surface area (Å²) in [6, 6.07) is 0.304. The molecule has 0 aliphatic rings. The fourth-order valence-electron chi connectivity index (χ4n) is 1.13. The molecule has 5 nitrogen and oxygen atoms in total. The topological polar surface area (TPSA) is 61.3 Å². The van der Waals surface area contributed by atoms with Crippen LogP contribution in [-0.2, 0) is 4.74 Å². The minimum atomic E-state index is -0.433. The maximum absolute atomic E-state index is 11.3. The van der Waals surface area contributed by atoms with Crippen LogP contribution in [0.4, 0.5) is 0 Å². The number of nitrogens with zero attached hydrogens (tertiary/aromatic N) is 2. The van der Waals surface area contributed by atoms with E-state index >= 15 is 0 Å². The summed E-state index contributed by atoms with van der Waals surface area (Å²) in [6.07, 6.45) is 3.44. The summed E-state index contributed by atoms with van der Waals surface area (Å²) in [4.78, 5) is 19.3. The number of hydrogen-bond acceptors (Lipinski definition) is 5. The van der Waals surface area contributed by atoms with Crippen LogP contribution in [0, 0.1) is 6.92 Å². The Morgan fingerprint density at radius 2 is 2.25 bits per heavy atom. The highest BCUT2D eigenvalue weighted by molar-refractivity contribution is 5.90. The van der Waals surface area contributed by atoms with Gasteiger partial charge in [0.2, 0.25) is 0 Å². The first-order chi connectivity index (χ1) is 7.69. The second-order valence-corrected chi connectivity index (χ2v) is 3.35. The van der Waals surface area contributed by atoms with Crippen molar-refractivity contribution in [2.45, 2.75) is 26.7 Å². The quantitative estimate of drug-likeness (QED) is 0.563. The molecule has 0 unspecified atom stereocenters. The number of ether oxygens (including phenoxy) is 2. The Balaban J connectivity index is 2.71. The molecule has 0 saturated carbocycles. The van der Waals surface area contributed by atoms with E-state index in [2.05, 4.69) is 21.6 Å². The predicted molar refractivity (Wildman–Crippen MR) is 58.5 cm³/mol. The molecule has 0 N–H and O–H groups in total. The fourth-order valence-corrected chi connectivity index (χ4v) is 1.13. The summed E-state index contributed by atoms with van der Waals surface area (Å²) >= 11 is 0. The molecule has 0 saturated heterocycles. The number of esters is 1. The Morgan fingerprint density at radius 3 is 2.81 bits per heavy atom. The fraction of sp³-hybridized carbons (Fsp3) is 0.545. The maximum atomic E-state index is 11.3. The molecule has 0 radical (unpaired) electrons. The Kier molecular flexibility index (Phi) is 4.69. The van der Waals surface area contributed by atoms with Crippen molar-refractivity contribution in [2.75, 3.05) is 13.7 Å². The van der Waals surface area contributed by atoms with Crippen LogP contribution in [0.25, 0.3) is 0 Å². The molecule has 0 fully saturated rings. The molecule has 0 bridgehead atoms. The Bertz CT molecular complexity index is 366. The molecule has 0 spiro atoms. The van der Waals surface area contributed by atoms with Crippen LogP contribution in [0.15, 0.2) is 6.20 Å². The first-order valence-corrected chi connectivity index (χ1v) is 5.23. The normalized spacial score (nSPS) is 9.94. The highest BCUT2D eigenvalue weighted by Crippen LogP contribution is 2.10. The van der Waals surface area contributed by atoms with E-state index < -0.39 is 5.97 Å². The molecular weight excluding hydrogens is 208 g/mol. The van der Waals surface area contributed by atoms with Gasteiger partial charge in [-0.2, -0.15) is 4.98 Å². The van der Waals surface area contributed by atoms with Crippen molar-refractivity contribution in [1.82, 2.24) is 9.97 Å². The van der Waals surface area contributed by atoms with Gasteiger partial charge in [0.05, 0.1) is 25.0 Å². The average molecular weight is 224 g/mol. The van der Waals surface area contributed by atoms with Crippen LogP contribution in [0.1, 0.15) is 35.8 Å². The predicted octanol–water partition coefficient (Wildman–Crippen LogP) is 1.75. The second kappa shape index (κ2) is 6.05. The van der Waals surface area contributed by atoms with Crippen molar-refractivity contribution >= 4 is 5.97 Å². The van der Waals surface area contributed by atoms with Crippen molar-refractivity contribution in [2.24, 2.45) is 0 Å². The Morgan fingerprint density at radius 1 is 1.50 bits per heavy atom. The molecule has 1 aromatic rings. The molecule has 0 atom stereocenters. The summed E-state index contributed by atoms with van der Waals surface area (Å²) < 4.78 is 9.92. The highest BCUT2D eigenvalue weighted by Gasteiger charge is 2.11. The molecule has 16 heavy (non-hydrogen) atoms. The van der Waals surface area contributed by atoms with Gasteiger partial charge in [-0.25, -0.2) is 9.78 Å². The third-order valence-electron chi connectivity index (χ3n) is 2.09. The minimum Gasteiger partial charge on any atom is -0.465 e. The number of rotatable bonds is 5. The number of methoxy groups -OCH3 is 1. The van der Waals surface area contributed by atoms with Crippen LogP contribution in [0.3, 0.4) is 0 Å². The standard InChI is InChI=1S/C11H16N2O3/c1-4-5-6-16-11-12-7-9(8(2)13-11)10(14)15-3/h7H,4-6H2,1-3H3. The summed E-state index contributed by atoms with van der Waals surface area (Å²) in [5, 5.41) is 0. The van der Waals surface area contributed by atoms with Crippen LogP contribution in [-0.4, -0.2) is 29.7 Å².